The summed E-state index contributed by atoms with van der Waals surface area (Å²) in [6.07, 6.45) is -1.08. The Bertz CT molecular complexity index is 595. The van der Waals surface area contributed by atoms with Crippen LogP contribution in [0.5, 0.6) is 0 Å². The van der Waals surface area contributed by atoms with E-state index in [1.165, 1.54) is 4.90 Å². The molecule has 120 valence electrons. The van der Waals surface area contributed by atoms with Crippen molar-refractivity contribution in [2.45, 2.75) is 32.4 Å². The van der Waals surface area contributed by atoms with E-state index in [0.717, 1.165) is 11.4 Å². The van der Waals surface area contributed by atoms with Crippen LogP contribution in [0.4, 0.5) is 16.2 Å². The first kappa shape index (κ1) is 16.1. The summed E-state index contributed by atoms with van der Waals surface area (Å²) in [7, 11) is 3.57. The number of likely N-dealkylation sites (N-methyl/N-ethyl adjacent to an activating group) is 2. The Morgan fingerprint density at radius 1 is 1.23 bits per heavy atom. The third-order valence-corrected chi connectivity index (χ3v) is 3.96. The van der Waals surface area contributed by atoms with Crippen molar-refractivity contribution in [3.8, 4) is 0 Å². The van der Waals surface area contributed by atoms with Crippen molar-refractivity contribution in [2.24, 2.45) is 0 Å². The van der Waals surface area contributed by atoms with E-state index in [4.69, 9.17) is 0 Å². The van der Waals surface area contributed by atoms with E-state index in [2.05, 4.69) is 0 Å². The summed E-state index contributed by atoms with van der Waals surface area (Å²) in [5, 5.41) is 9.60. The van der Waals surface area contributed by atoms with Gasteiger partial charge < -0.3 is 14.9 Å². The molecule has 6 nitrogen and oxygen atoms in total. The number of rotatable bonds is 1. The highest BCUT2D eigenvalue weighted by molar-refractivity contribution is 6.02. The lowest BCUT2D eigenvalue weighted by Crippen LogP contribution is -2.59. The van der Waals surface area contributed by atoms with Gasteiger partial charge in [-0.05, 0) is 32.9 Å². The highest BCUT2D eigenvalue weighted by Crippen LogP contribution is 2.33. The Hall–Kier alpha value is -2.24. The second-order valence-corrected chi connectivity index (χ2v) is 6.61. The maximum atomic E-state index is 12.8. The molecule has 0 fully saturated rings. The zero-order valence-corrected chi connectivity index (χ0v) is 13.7. The smallest absolute Gasteiger partial charge is 0.408 e. The third kappa shape index (κ3) is 2.73. The first-order valence-electron chi connectivity index (χ1n) is 7.24. The van der Waals surface area contributed by atoms with Crippen LogP contribution in [0.3, 0.4) is 0 Å². The van der Waals surface area contributed by atoms with Crippen LogP contribution in [0.1, 0.15) is 20.8 Å². The molecule has 1 aromatic carbocycles. The summed E-state index contributed by atoms with van der Waals surface area (Å²) in [4.78, 5) is 29.3. The molecular weight excluding hydrogens is 282 g/mol. The number of carbonyl (C=O) groups is 2. The molecule has 2 rings (SSSR count). The molecule has 0 radical (unpaired) electrons. The molecular formula is C16H23N3O3. The molecule has 6 heteroatoms. The molecule has 0 saturated heterocycles. The number of amides is 2. The molecule has 1 heterocycles. The van der Waals surface area contributed by atoms with E-state index in [0.29, 0.717) is 6.54 Å². The Kier molecular flexibility index (Phi) is 4.04. The number of hydrogen-bond acceptors (Lipinski definition) is 3. The predicted octanol–water partition coefficient (Wildman–Crippen LogP) is 2.25. The first-order valence-corrected chi connectivity index (χ1v) is 7.24. The molecule has 2 amide bonds. The quantitative estimate of drug-likeness (QED) is 0.864. The normalized spacial score (nSPS) is 18.8. The summed E-state index contributed by atoms with van der Waals surface area (Å²) in [6, 6.07) is 6.83. The molecule has 0 aromatic heterocycles. The molecule has 1 N–H and O–H groups in total. The van der Waals surface area contributed by atoms with Gasteiger partial charge in [-0.3, -0.25) is 9.69 Å². The molecule has 1 aromatic rings. The first-order chi connectivity index (χ1) is 10.1. The molecule has 0 unspecified atom stereocenters. The van der Waals surface area contributed by atoms with E-state index in [1.807, 2.05) is 36.2 Å². The van der Waals surface area contributed by atoms with Gasteiger partial charge in [-0.2, -0.15) is 0 Å². The minimum Gasteiger partial charge on any atom is -0.465 e. The zero-order chi connectivity index (χ0) is 16.7. The molecule has 1 aliphatic heterocycles. The third-order valence-electron chi connectivity index (χ3n) is 3.96. The summed E-state index contributed by atoms with van der Waals surface area (Å²) in [5.74, 6) is -0.214. The maximum absolute atomic E-state index is 12.8. The van der Waals surface area contributed by atoms with E-state index < -0.39 is 17.7 Å². The van der Waals surface area contributed by atoms with Gasteiger partial charge >= 0.3 is 6.09 Å². The van der Waals surface area contributed by atoms with Crippen LogP contribution in [0.2, 0.25) is 0 Å². The van der Waals surface area contributed by atoms with Crippen molar-refractivity contribution in [3.63, 3.8) is 0 Å². The Labute approximate surface area is 130 Å². The van der Waals surface area contributed by atoms with Crippen LogP contribution in [0, 0.1) is 0 Å². The largest absolute Gasteiger partial charge is 0.465 e. The molecule has 0 bridgehead atoms. The Morgan fingerprint density at radius 3 is 2.27 bits per heavy atom. The van der Waals surface area contributed by atoms with Gasteiger partial charge in [0.2, 0.25) is 0 Å². The van der Waals surface area contributed by atoms with Gasteiger partial charge in [0.15, 0.2) is 0 Å². The number of para-hydroxylation sites is 2. The predicted molar refractivity (Wildman–Crippen MR) is 86.5 cm³/mol. The lowest BCUT2D eigenvalue weighted by atomic mass is 10.0. The second kappa shape index (κ2) is 5.51. The van der Waals surface area contributed by atoms with Gasteiger partial charge in [0.05, 0.1) is 11.4 Å². The summed E-state index contributed by atoms with van der Waals surface area (Å²) in [6.45, 7) is 5.72. The lowest BCUT2D eigenvalue weighted by molar-refractivity contribution is -0.124. The second-order valence-electron chi connectivity index (χ2n) is 6.61. The fraction of sp³-hybridized carbons (Fsp3) is 0.500. The molecule has 1 aliphatic rings. The number of fused-ring (bicyclic) bond motifs is 1. The SMILES string of the molecule is CN1C[C@H](N(C(=O)O)C(C)(C)C)C(=O)N(C)c2ccccc21. The molecule has 0 saturated carbocycles. The van der Waals surface area contributed by atoms with Crippen LogP contribution < -0.4 is 9.80 Å². The van der Waals surface area contributed by atoms with Crippen LogP contribution in [0.15, 0.2) is 24.3 Å². The Morgan fingerprint density at radius 2 is 1.77 bits per heavy atom. The standard InChI is InChI=1S/C16H23N3O3/c1-16(2,3)19(15(21)22)13-10-17(4)11-8-6-7-9-12(11)18(5)14(13)20/h6-9,13H,10H2,1-5H3,(H,21,22)/t13-/m0/s1. The van der Waals surface area contributed by atoms with Crippen molar-refractivity contribution in [1.82, 2.24) is 4.90 Å². The van der Waals surface area contributed by atoms with Crippen LogP contribution in [-0.4, -0.2) is 54.2 Å². The van der Waals surface area contributed by atoms with E-state index >= 15 is 0 Å². The average Bonchev–Trinajstić information content (AvgIpc) is 2.50. The number of hydrogen-bond donors (Lipinski definition) is 1. The zero-order valence-electron chi connectivity index (χ0n) is 13.7. The van der Waals surface area contributed by atoms with E-state index in [1.54, 1.807) is 32.7 Å². The van der Waals surface area contributed by atoms with E-state index in [9.17, 15) is 14.7 Å². The Balaban J connectivity index is 2.49. The highest BCUT2D eigenvalue weighted by Gasteiger charge is 2.41. The highest BCUT2D eigenvalue weighted by atomic mass is 16.4. The fourth-order valence-electron chi connectivity index (χ4n) is 2.93. The number of nitrogens with zero attached hydrogens (tertiary/aromatic N) is 3. The monoisotopic (exact) mass is 305 g/mol. The van der Waals surface area contributed by atoms with Crippen LogP contribution in [0.25, 0.3) is 0 Å². The van der Waals surface area contributed by atoms with Crippen molar-refractivity contribution < 1.29 is 14.7 Å². The molecule has 22 heavy (non-hydrogen) atoms. The van der Waals surface area contributed by atoms with Gasteiger partial charge in [0, 0.05) is 26.2 Å². The number of benzene rings is 1. The summed E-state index contributed by atoms with van der Waals surface area (Å²) >= 11 is 0. The minimum absolute atomic E-state index is 0.214. The van der Waals surface area contributed by atoms with Gasteiger partial charge in [0.25, 0.3) is 5.91 Å². The van der Waals surface area contributed by atoms with Crippen LogP contribution in [-0.2, 0) is 4.79 Å². The summed E-state index contributed by atoms with van der Waals surface area (Å²) in [5.41, 5.74) is 1.04. The van der Waals surface area contributed by atoms with Gasteiger partial charge in [-0.25, -0.2) is 4.79 Å². The number of carbonyl (C=O) groups excluding carboxylic acids is 1. The number of carboxylic acid groups (broad SMARTS) is 1. The number of anilines is 2. The van der Waals surface area contributed by atoms with Gasteiger partial charge in [-0.15, -0.1) is 0 Å². The molecule has 1 atom stereocenters. The van der Waals surface area contributed by atoms with Crippen molar-refractivity contribution >= 4 is 23.4 Å². The van der Waals surface area contributed by atoms with Crippen molar-refractivity contribution in [1.29, 1.82) is 0 Å². The van der Waals surface area contributed by atoms with Crippen LogP contribution >= 0.6 is 0 Å². The van der Waals surface area contributed by atoms with Crippen molar-refractivity contribution in [3.05, 3.63) is 24.3 Å². The topological polar surface area (TPSA) is 64.1 Å². The molecule has 0 spiro atoms. The molecule has 0 aliphatic carbocycles. The lowest BCUT2D eigenvalue weighted by Gasteiger charge is -2.39. The van der Waals surface area contributed by atoms with Gasteiger partial charge in [-0.1, -0.05) is 12.1 Å². The summed E-state index contributed by atoms with van der Waals surface area (Å²) < 4.78 is 0. The maximum Gasteiger partial charge on any atom is 0.408 e. The van der Waals surface area contributed by atoms with Gasteiger partial charge in [0.1, 0.15) is 6.04 Å². The van der Waals surface area contributed by atoms with E-state index in [-0.39, 0.29) is 5.91 Å². The average molecular weight is 305 g/mol. The fourth-order valence-corrected chi connectivity index (χ4v) is 2.93. The van der Waals surface area contributed by atoms with Crippen molar-refractivity contribution in [2.75, 3.05) is 30.4 Å². The minimum atomic E-state index is -1.08.